The summed E-state index contributed by atoms with van der Waals surface area (Å²) in [5.41, 5.74) is 10.3. The summed E-state index contributed by atoms with van der Waals surface area (Å²) in [5.74, 6) is -0.828. The van der Waals surface area contributed by atoms with Gasteiger partial charge in [-0.3, -0.25) is 4.79 Å². The Hall–Kier alpha value is -2.69. The smallest absolute Gasteiger partial charge is 0.248 e. The number of nitrogens with two attached hydrogens (primary N) is 1. The number of nitrogens with one attached hydrogen (secondary N) is 1. The van der Waals surface area contributed by atoms with E-state index >= 15 is 0 Å². The van der Waals surface area contributed by atoms with Crippen LogP contribution < -0.4 is 11.1 Å². The van der Waals surface area contributed by atoms with Crippen molar-refractivity contribution >= 4 is 17.5 Å². The fourth-order valence-corrected chi connectivity index (χ4v) is 4.01. The van der Waals surface area contributed by atoms with Crippen molar-refractivity contribution in [3.63, 3.8) is 0 Å². The predicted octanol–water partition coefficient (Wildman–Crippen LogP) is 4.50. The number of carbonyl (C=O) groups is 1. The number of primary amides is 1. The first-order chi connectivity index (χ1) is 13.5. The monoisotopic (exact) mass is 394 g/mol. The fourth-order valence-electron chi connectivity index (χ4n) is 3.72. The number of fused-ring (bicyclic) bond motifs is 1. The summed E-state index contributed by atoms with van der Waals surface area (Å²) in [6, 6.07) is 18.6. The SMILES string of the molecule is NC(=O)c1ccc(-c2ccc(CNC3Cc4ccccc4C3)c(F)c2)c(Cl)c1. The molecule has 3 N–H and O–H groups in total. The standard InChI is InChI=1S/C23H20ClFN2O/c24-21-11-17(23(26)28)7-8-20(21)16-5-6-18(22(25)12-16)13-27-19-9-14-3-1-2-4-15(14)10-19/h1-8,11-12,19,27H,9-10,13H2,(H2,26,28). The molecule has 3 nitrogen and oxygen atoms in total. The molecular weight excluding hydrogens is 375 g/mol. The molecule has 0 aliphatic heterocycles. The summed E-state index contributed by atoms with van der Waals surface area (Å²) in [6.07, 6.45) is 1.94. The molecule has 5 heteroatoms. The molecule has 0 saturated heterocycles. The largest absolute Gasteiger partial charge is 0.366 e. The second-order valence-corrected chi connectivity index (χ2v) is 7.53. The van der Waals surface area contributed by atoms with Gasteiger partial charge in [0.1, 0.15) is 5.82 Å². The summed E-state index contributed by atoms with van der Waals surface area (Å²) in [4.78, 5) is 11.2. The summed E-state index contributed by atoms with van der Waals surface area (Å²) < 4.78 is 14.7. The molecule has 0 unspecified atom stereocenters. The van der Waals surface area contributed by atoms with Crippen LogP contribution in [0.1, 0.15) is 27.0 Å². The highest BCUT2D eigenvalue weighted by molar-refractivity contribution is 6.33. The van der Waals surface area contributed by atoms with Crippen LogP contribution in [0, 0.1) is 5.82 Å². The third kappa shape index (κ3) is 3.79. The van der Waals surface area contributed by atoms with Gasteiger partial charge in [0.05, 0.1) is 0 Å². The zero-order valence-electron chi connectivity index (χ0n) is 15.2. The van der Waals surface area contributed by atoms with E-state index in [1.807, 2.05) is 6.07 Å². The highest BCUT2D eigenvalue weighted by Gasteiger charge is 2.20. The van der Waals surface area contributed by atoms with Crippen molar-refractivity contribution in [3.8, 4) is 11.1 Å². The molecule has 0 bridgehead atoms. The number of carbonyl (C=O) groups excluding carboxylic acids is 1. The first kappa shape index (κ1) is 18.7. The van der Waals surface area contributed by atoms with E-state index in [-0.39, 0.29) is 5.82 Å². The van der Waals surface area contributed by atoms with Gasteiger partial charge in [0.2, 0.25) is 5.91 Å². The van der Waals surface area contributed by atoms with Gasteiger partial charge in [0.15, 0.2) is 0 Å². The van der Waals surface area contributed by atoms with E-state index in [1.54, 1.807) is 18.2 Å². The normalized spacial score (nSPS) is 13.5. The van der Waals surface area contributed by atoms with Crippen LogP contribution in [-0.4, -0.2) is 11.9 Å². The van der Waals surface area contributed by atoms with Crippen molar-refractivity contribution in [2.45, 2.75) is 25.4 Å². The van der Waals surface area contributed by atoms with Crippen LogP contribution in [0.5, 0.6) is 0 Å². The lowest BCUT2D eigenvalue weighted by molar-refractivity contribution is 0.100. The Morgan fingerprint density at radius 3 is 2.39 bits per heavy atom. The minimum absolute atomic E-state index is 0.282. The van der Waals surface area contributed by atoms with Crippen LogP contribution in [-0.2, 0) is 19.4 Å². The molecule has 0 atom stereocenters. The molecule has 1 aliphatic rings. The summed E-state index contributed by atoms with van der Waals surface area (Å²) in [7, 11) is 0. The van der Waals surface area contributed by atoms with E-state index in [2.05, 4.69) is 29.6 Å². The maximum Gasteiger partial charge on any atom is 0.248 e. The molecule has 0 saturated carbocycles. The van der Waals surface area contributed by atoms with Crippen molar-refractivity contribution in [2.75, 3.05) is 0 Å². The van der Waals surface area contributed by atoms with Crippen molar-refractivity contribution in [3.05, 3.63) is 93.8 Å². The van der Waals surface area contributed by atoms with Gasteiger partial charge in [-0.2, -0.15) is 0 Å². The third-order valence-corrected chi connectivity index (χ3v) is 5.56. The molecule has 3 aromatic carbocycles. The Morgan fingerprint density at radius 1 is 1.07 bits per heavy atom. The molecule has 1 aliphatic carbocycles. The van der Waals surface area contributed by atoms with Gasteiger partial charge in [-0.15, -0.1) is 0 Å². The number of rotatable bonds is 5. The molecule has 28 heavy (non-hydrogen) atoms. The number of hydrogen-bond acceptors (Lipinski definition) is 2. The van der Waals surface area contributed by atoms with Crippen molar-refractivity contribution in [1.82, 2.24) is 5.32 Å². The van der Waals surface area contributed by atoms with Crippen LogP contribution in [0.2, 0.25) is 5.02 Å². The number of benzene rings is 3. The highest BCUT2D eigenvalue weighted by atomic mass is 35.5. The molecule has 0 heterocycles. The highest BCUT2D eigenvalue weighted by Crippen LogP contribution is 2.30. The molecule has 4 rings (SSSR count). The number of amides is 1. The van der Waals surface area contributed by atoms with E-state index in [4.69, 9.17) is 17.3 Å². The molecule has 1 amide bonds. The minimum Gasteiger partial charge on any atom is -0.366 e. The van der Waals surface area contributed by atoms with E-state index < -0.39 is 5.91 Å². The summed E-state index contributed by atoms with van der Waals surface area (Å²) in [5, 5.41) is 3.82. The second kappa shape index (κ2) is 7.74. The van der Waals surface area contributed by atoms with Crippen LogP contribution in [0.15, 0.2) is 60.7 Å². The quantitative estimate of drug-likeness (QED) is 0.669. The Kier molecular flexibility index (Phi) is 5.16. The molecule has 3 aromatic rings. The van der Waals surface area contributed by atoms with Gasteiger partial charge < -0.3 is 11.1 Å². The molecule has 0 radical (unpaired) electrons. The Balaban J connectivity index is 1.46. The Bertz CT molecular complexity index is 1030. The van der Waals surface area contributed by atoms with Crippen molar-refractivity contribution in [2.24, 2.45) is 5.73 Å². The van der Waals surface area contributed by atoms with E-state index in [9.17, 15) is 9.18 Å². The molecule has 0 spiro atoms. The first-order valence-corrected chi connectivity index (χ1v) is 9.57. The zero-order chi connectivity index (χ0) is 19.7. The lowest BCUT2D eigenvalue weighted by Gasteiger charge is -2.13. The van der Waals surface area contributed by atoms with Gasteiger partial charge >= 0.3 is 0 Å². The lowest BCUT2D eigenvalue weighted by atomic mass is 10.0. The van der Waals surface area contributed by atoms with Gasteiger partial charge in [0.25, 0.3) is 0 Å². The fraction of sp³-hybridized carbons (Fsp3) is 0.174. The van der Waals surface area contributed by atoms with Crippen molar-refractivity contribution in [1.29, 1.82) is 0 Å². The van der Waals surface area contributed by atoms with Crippen LogP contribution in [0.4, 0.5) is 4.39 Å². The maximum atomic E-state index is 14.7. The maximum absolute atomic E-state index is 14.7. The molecule has 142 valence electrons. The van der Waals surface area contributed by atoms with Gasteiger partial charge in [0, 0.05) is 34.3 Å². The first-order valence-electron chi connectivity index (χ1n) is 9.19. The number of hydrogen-bond donors (Lipinski definition) is 2. The number of halogens is 2. The van der Waals surface area contributed by atoms with Gasteiger partial charge in [-0.05, 0) is 47.7 Å². The predicted molar refractivity (Wildman–Crippen MR) is 110 cm³/mol. The lowest BCUT2D eigenvalue weighted by Crippen LogP contribution is -2.29. The average molecular weight is 395 g/mol. The third-order valence-electron chi connectivity index (χ3n) is 5.25. The minimum atomic E-state index is -0.546. The van der Waals surface area contributed by atoms with Crippen LogP contribution >= 0.6 is 11.6 Å². The topological polar surface area (TPSA) is 55.1 Å². The second-order valence-electron chi connectivity index (χ2n) is 7.12. The summed E-state index contributed by atoms with van der Waals surface area (Å²) in [6.45, 7) is 0.471. The van der Waals surface area contributed by atoms with Crippen molar-refractivity contribution < 1.29 is 9.18 Å². The van der Waals surface area contributed by atoms with Gasteiger partial charge in [-0.25, -0.2) is 4.39 Å². The molecule has 0 fully saturated rings. The van der Waals surface area contributed by atoms with Gasteiger partial charge in [-0.1, -0.05) is 54.1 Å². The van der Waals surface area contributed by atoms with E-state index in [1.165, 1.54) is 23.3 Å². The van der Waals surface area contributed by atoms with Crippen LogP contribution in [0.3, 0.4) is 0 Å². The Labute approximate surface area is 168 Å². The Morgan fingerprint density at radius 2 is 1.79 bits per heavy atom. The van der Waals surface area contributed by atoms with E-state index in [0.717, 1.165) is 12.8 Å². The molecular formula is C23H20ClFN2O. The van der Waals surface area contributed by atoms with E-state index in [0.29, 0.717) is 39.9 Å². The zero-order valence-corrected chi connectivity index (χ0v) is 16.0. The summed E-state index contributed by atoms with van der Waals surface area (Å²) >= 11 is 6.25. The average Bonchev–Trinajstić information content (AvgIpc) is 3.10. The molecule has 0 aromatic heterocycles. The van der Waals surface area contributed by atoms with Crippen LogP contribution in [0.25, 0.3) is 11.1 Å².